The number of amides is 1. The van der Waals surface area contributed by atoms with Crippen molar-refractivity contribution in [2.75, 3.05) is 19.0 Å². The lowest BCUT2D eigenvalue weighted by molar-refractivity contribution is -0.182. The summed E-state index contributed by atoms with van der Waals surface area (Å²) in [6, 6.07) is 1.91. The van der Waals surface area contributed by atoms with Crippen molar-refractivity contribution in [2.24, 2.45) is 52.6 Å². The number of hydrogen-bond acceptors (Lipinski definition) is 8. The Hall–Kier alpha value is -3.07. The van der Waals surface area contributed by atoms with Gasteiger partial charge in [0, 0.05) is 31.6 Å². The number of carbonyl (C=O) groups is 5. The van der Waals surface area contributed by atoms with Gasteiger partial charge >= 0.3 is 0 Å². The van der Waals surface area contributed by atoms with Gasteiger partial charge in [-0.05, 0) is 66.0 Å². The van der Waals surface area contributed by atoms with Crippen LogP contribution in [0.25, 0.3) is 0 Å². The number of phenols is 1. The second-order valence-electron chi connectivity index (χ2n) is 14.4. The van der Waals surface area contributed by atoms with E-state index in [9.17, 15) is 34.2 Å². The van der Waals surface area contributed by atoms with Gasteiger partial charge < -0.3 is 20.8 Å². The monoisotopic (exact) mass is 568 g/mol. The number of hydrogen-bond donors (Lipinski definition) is 3. The van der Waals surface area contributed by atoms with Gasteiger partial charge in [-0.2, -0.15) is 0 Å². The number of aliphatic hydroxyl groups is 1. The van der Waals surface area contributed by atoms with Crippen molar-refractivity contribution < 1.29 is 34.2 Å². The first-order chi connectivity index (χ1) is 18.8. The number of nitrogens with two attached hydrogens (primary N) is 1. The molecule has 9 heteroatoms. The van der Waals surface area contributed by atoms with Gasteiger partial charge in [0.05, 0.1) is 11.5 Å². The molecule has 0 saturated heterocycles. The highest BCUT2D eigenvalue weighted by Crippen LogP contribution is 2.54. The Morgan fingerprint density at radius 1 is 1.12 bits per heavy atom. The summed E-state index contributed by atoms with van der Waals surface area (Å²) in [7, 11) is 3.71. The summed E-state index contributed by atoms with van der Waals surface area (Å²) in [5, 5.41) is 23.3. The average molecular weight is 569 g/mol. The van der Waals surface area contributed by atoms with E-state index in [-0.39, 0.29) is 41.4 Å². The minimum atomic E-state index is -2.68. The molecule has 0 radical (unpaired) electrons. The SMILES string of the molecule is CC(Cc1cc(N(C)C)c2c(c1O)C(=O)C1C(=O)[C@]3(O)C(=O)C(C(N)=O)C(=O)[C@@H](C(C)C)[C@@H]3C[C@@H]1C2)CC(C)(C)C. The van der Waals surface area contributed by atoms with E-state index in [4.69, 9.17) is 5.73 Å². The summed E-state index contributed by atoms with van der Waals surface area (Å²) in [5.41, 5.74) is 4.83. The average Bonchev–Trinajstić information content (AvgIpc) is 2.81. The molecule has 0 spiro atoms. The molecule has 3 aliphatic carbocycles. The van der Waals surface area contributed by atoms with Gasteiger partial charge in [0.25, 0.3) is 0 Å². The van der Waals surface area contributed by atoms with Crippen LogP contribution in [0.4, 0.5) is 5.69 Å². The zero-order chi connectivity index (χ0) is 30.9. The summed E-state index contributed by atoms with van der Waals surface area (Å²) in [6.45, 7) is 12.0. The van der Waals surface area contributed by atoms with Crippen LogP contribution in [-0.2, 0) is 32.0 Å². The number of primary amides is 1. The van der Waals surface area contributed by atoms with Gasteiger partial charge in [-0.1, -0.05) is 41.5 Å². The molecule has 0 bridgehead atoms. The number of anilines is 1. The number of aromatic hydroxyl groups is 1. The van der Waals surface area contributed by atoms with Crippen molar-refractivity contribution in [3.05, 3.63) is 22.8 Å². The van der Waals surface area contributed by atoms with E-state index in [2.05, 4.69) is 27.7 Å². The molecular formula is C32H44N2O7. The smallest absolute Gasteiger partial charge is 0.235 e. The van der Waals surface area contributed by atoms with Crippen LogP contribution < -0.4 is 10.6 Å². The zero-order valence-electron chi connectivity index (χ0n) is 25.4. The van der Waals surface area contributed by atoms with Gasteiger partial charge in [-0.15, -0.1) is 0 Å². The van der Waals surface area contributed by atoms with Gasteiger partial charge in [-0.3, -0.25) is 24.0 Å². The Kier molecular flexibility index (Phi) is 7.78. The van der Waals surface area contributed by atoms with Gasteiger partial charge in [0.1, 0.15) is 5.75 Å². The molecule has 7 atom stereocenters. The molecular weight excluding hydrogens is 524 g/mol. The summed E-state index contributed by atoms with van der Waals surface area (Å²) in [6.07, 6.45) is 1.75. The van der Waals surface area contributed by atoms with E-state index < -0.39 is 64.2 Å². The third-order valence-corrected chi connectivity index (χ3v) is 9.38. The van der Waals surface area contributed by atoms with Gasteiger partial charge in [0.15, 0.2) is 34.7 Å². The second-order valence-corrected chi connectivity index (χ2v) is 14.4. The first-order valence-corrected chi connectivity index (χ1v) is 14.6. The topological polar surface area (TPSA) is 155 Å². The Balaban J connectivity index is 1.84. The van der Waals surface area contributed by atoms with Crippen molar-refractivity contribution >= 4 is 34.7 Å². The van der Waals surface area contributed by atoms with Crippen LogP contribution in [-0.4, -0.2) is 58.9 Å². The van der Waals surface area contributed by atoms with Gasteiger partial charge in [0.2, 0.25) is 5.91 Å². The molecule has 0 aliphatic heterocycles. The number of benzene rings is 1. The normalized spacial score (nSPS) is 30.5. The lowest BCUT2D eigenvalue weighted by Gasteiger charge is -2.52. The van der Waals surface area contributed by atoms with E-state index in [0.717, 1.165) is 12.1 Å². The molecule has 224 valence electrons. The summed E-state index contributed by atoms with van der Waals surface area (Å²) in [4.78, 5) is 69.1. The van der Waals surface area contributed by atoms with Gasteiger partial charge in [-0.25, -0.2) is 0 Å². The summed E-state index contributed by atoms with van der Waals surface area (Å²) >= 11 is 0. The molecule has 1 amide bonds. The Labute approximate surface area is 241 Å². The highest BCUT2D eigenvalue weighted by molar-refractivity contribution is 6.32. The molecule has 9 nitrogen and oxygen atoms in total. The lowest BCUT2D eigenvalue weighted by atomic mass is 9.49. The molecule has 4 N–H and O–H groups in total. The maximum Gasteiger partial charge on any atom is 0.235 e. The highest BCUT2D eigenvalue weighted by Gasteiger charge is 2.69. The second kappa shape index (κ2) is 10.3. The largest absolute Gasteiger partial charge is 0.507 e. The number of ketones is 4. The van der Waals surface area contributed by atoms with E-state index in [1.165, 1.54) is 0 Å². The zero-order valence-corrected chi connectivity index (χ0v) is 25.4. The van der Waals surface area contributed by atoms with Crippen LogP contribution in [0.1, 0.15) is 75.9 Å². The number of carbonyl (C=O) groups excluding carboxylic acids is 5. The Bertz CT molecular complexity index is 1320. The maximum atomic E-state index is 14.2. The maximum absolute atomic E-state index is 14.2. The van der Waals surface area contributed by atoms with Crippen LogP contribution >= 0.6 is 0 Å². The number of rotatable bonds is 6. The molecule has 0 aromatic heterocycles. The molecule has 3 aliphatic rings. The quantitative estimate of drug-likeness (QED) is 0.443. The van der Waals surface area contributed by atoms with Crippen molar-refractivity contribution in [2.45, 2.75) is 72.8 Å². The third-order valence-electron chi connectivity index (χ3n) is 9.38. The molecule has 0 heterocycles. The molecule has 41 heavy (non-hydrogen) atoms. The molecule has 3 unspecified atom stereocenters. The fourth-order valence-corrected chi connectivity index (χ4v) is 8.00. The molecule has 2 saturated carbocycles. The number of fused-ring (bicyclic) bond motifs is 3. The van der Waals surface area contributed by atoms with Crippen LogP contribution in [0.2, 0.25) is 0 Å². The number of nitrogens with zero attached hydrogens (tertiary/aromatic N) is 1. The third kappa shape index (κ3) is 4.90. The predicted molar refractivity (Wildman–Crippen MR) is 153 cm³/mol. The van der Waals surface area contributed by atoms with Crippen molar-refractivity contribution in [1.82, 2.24) is 0 Å². The predicted octanol–water partition coefficient (Wildman–Crippen LogP) is 2.89. The van der Waals surface area contributed by atoms with Crippen LogP contribution in [0.5, 0.6) is 5.75 Å². The van der Waals surface area contributed by atoms with E-state index in [0.29, 0.717) is 17.5 Å². The summed E-state index contributed by atoms with van der Waals surface area (Å²) in [5.74, 6) is -11.1. The highest BCUT2D eigenvalue weighted by atomic mass is 16.3. The fraction of sp³-hybridized carbons (Fsp3) is 0.656. The van der Waals surface area contributed by atoms with E-state index in [1.807, 2.05) is 25.1 Å². The van der Waals surface area contributed by atoms with Crippen molar-refractivity contribution in [3.63, 3.8) is 0 Å². The fourth-order valence-electron chi connectivity index (χ4n) is 8.00. The molecule has 4 rings (SSSR count). The minimum absolute atomic E-state index is 0.0528. The van der Waals surface area contributed by atoms with E-state index in [1.54, 1.807) is 13.8 Å². The first kappa shape index (κ1) is 30.9. The standard InChI is InChI=1S/C32H44N2O7/c1-14(2)21-19-11-16-10-18-20(34(7)8)12-17(9-15(3)13-31(4,5)6)25(35)23(18)27(37)22(16)28(38)32(19,41)29(39)24(26(21)36)30(33)40/h12,14-16,19,21-22,24,35,41H,9-11,13H2,1-8H3,(H2,33,40)/t15?,16-,19-,21-,22?,24?,32-/m0/s1. The lowest BCUT2D eigenvalue weighted by Crippen LogP contribution is -2.71. The van der Waals surface area contributed by atoms with Crippen molar-refractivity contribution in [1.29, 1.82) is 0 Å². The number of Topliss-reactive ketones (excluding diaryl/α,β-unsaturated/α-hetero) is 4. The van der Waals surface area contributed by atoms with Crippen LogP contribution in [0, 0.1) is 46.8 Å². The Morgan fingerprint density at radius 3 is 2.24 bits per heavy atom. The Morgan fingerprint density at radius 2 is 1.73 bits per heavy atom. The minimum Gasteiger partial charge on any atom is -0.507 e. The number of phenolic OH excluding ortho intramolecular Hbond substituents is 1. The summed E-state index contributed by atoms with van der Waals surface area (Å²) < 4.78 is 0. The molecule has 1 aromatic carbocycles. The molecule has 2 fully saturated rings. The van der Waals surface area contributed by atoms with Crippen LogP contribution in [0.15, 0.2) is 6.07 Å². The van der Waals surface area contributed by atoms with Crippen molar-refractivity contribution in [3.8, 4) is 5.75 Å². The van der Waals surface area contributed by atoms with Crippen LogP contribution in [0.3, 0.4) is 0 Å². The first-order valence-electron chi connectivity index (χ1n) is 14.6. The molecule has 1 aromatic rings. The van der Waals surface area contributed by atoms with E-state index >= 15 is 0 Å².